The highest BCUT2D eigenvalue weighted by Crippen LogP contribution is 2.34. The highest BCUT2D eigenvalue weighted by molar-refractivity contribution is 7.18. The van der Waals surface area contributed by atoms with Gasteiger partial charge in [-0.3, -0.25) is 9.59 Å². The van der Waals surface area contributed by atoms with Gasteiger partial charge in [-0.15, -0.1) is 11.3 Å². The zero-order chi connectivity index (χ0) is 26.1. The fourth-order valence-electron chi connectivity index (χ4n) is 2.94. The monoisotopic (exact) mass is 510 g/mol. The highest BCUT2D eigenvalue weighted by atomic mass is 32.1. The maximum atomic E-state index is 13.1. The van der Waals surface area contributed by atoms with Crippen LogP contribution < -0.4 is 16.2 Å². The number of primary amides is 1. The number of hydrogen-bond donors (Lipinski definition) is 2. The number of hydrogen-bond acceptors (Lipinski definition) is 8. The van der Waals surface area contributed by atoms with Gasteiger partial charge >= 0.3 is 12.3 Å². The first-order valence-corrected chi connectivity index (χ1v) is 10.9. The van der Waals surface area contributed by atoms with Crippen molar-refractivity contribution in [3.8, 4) is 0 Å². The van der Waals surface area contributed by atoms with Gasteiger partial charge in [-0.1, -0.05) is 0 Å². The molecule has 0 spiro atoms. The van der Waals surface area contributed by atoms with Crippen molar-refractivity contribution in [2.24, 2.45) is 5.73 Å². The number of rotatable bonds is 4. The summed E-state index contributed by atoms with van der Waals surface area (Å²) >= 11 is 0.959. The summed E-state index contributed by atoms with van der Waals surface area (Å²) in [6.45, 7) is 6.23. The Hall–Kier alpha value is -3.81. The Morgan fingerprint density at radius 3 is 2.40 bits per heavy atom. The van der Waals surface area contributed by atoms with Gasteiger partial charge in [0.15, 0.2) is 0 Å². The van der Waals surface area contributed by atoms with E-state index in [9.17, 15) is 27.6 Å². The first-order valence-electron chi connectivity index (χ1n) is 10.1. The Bertz CT molecular complexity index is 1290. The van der Waals surface area contributed by atoms with Gasteiger partial charge < -0.3 is 10.5 Å². The van der Waals surface area contributed by atoms with Crippen LogP contribution in [0.15, 0.2) is 30.5 Å². The molecule has 0 saturated heterocycles. The number of aromatic nitrogens is 3. The van der Waals surface area contributed by atoms with Crippen molar-refractivity contribution in [3.63, 3.8) is 0 Å². The summed E-state index contributed by atoms with van der Waals surface area (Å²) < 4.78 is 44.9. The molecule has 3 N–H and O–H groups in total. The maximum absolute atomic E-state index is 13.1. The van der Waals surface area contributed by atoms with Gasteiger partial charge in [0.1, 0.15) is 28.0 Å². The molecule has 3 aromatic rings. The zero-order valence-corrected chi connectivity index (χ0v) is 19.8. The summed E-state index contributed by atoms with van der Waals surface area (Å²) in [6, 6.07) is 5.20. The summed E-state index contributed by atoms with van der Waals surface area (Å²) in [4.78, 5) is 48.0. The second kappa shape index (κ2) is 9.44. The third-order valence-corrected chi connectivity index (χ3v) is 5.40. The first-order chi connectivity index (χ1) is 16.2. The van der Waals surface area contributed by atoms with Crippen LogP contribution in [0.2, 0.25) is 0 Å². The van der Waals surface area contributed by atoms with Crippen LogP contribution >= 0.6 is 11.3 Å². The Morgan fingerprint density at radius 1 is 1.14 bits per heavy atom. The van der Waals surface area contributed by atoms with E-state index in [1.54, 1.807) is 20.8 Å². The molecule has 35 heavy (non-hydrogen) atoms. The van der Waals surface area contributed by atoms with Gasteiger partial charge in [0.2, 0.25) is 11.8 Å². The van der Waals surface area contributed by atoms with E-state index < -0.39 is 47.1 Å². The van der Waals surface area contributed by atoms with Crippen molar-refractivity contribution in [1.82, 2.24) is 20.4 Å². The van der Waals surface area contributed by atoms with Crippen molar-refractivity contribution in [1.29, 1.82) is 0 Å². The molecule has 1 atom stereocenters. The lowest BCUT2D eigenvalue weighted by Crippen LogP contribution is -2.47. The van der Waals surface area contributed by atoms with Crippen LogP contribution in [0.1, 0.15) is 50.1 Å². The molecular weight excluding hydrogens is 489 g/mol. The molecular formula is C21H21F3N6O4S. The zero-order valence-electron chi connectivity index (χ0n) is 19.0. The van der Waals surface area contributed by atoms with Crippen LogP contribution in [0, 0.1) is 0 Å². The SMILES string of the molecule is CC(=O)N(NC(=O)OC(C)(C)C)c1ccc2nc(C(C(N)=O)c3nccc(C(F)(F)F)n3)sc2c1. The number of nitrogens with one attached hydrogen (secondary N) is 1. The summed E-state index contributed by atoms with van der Waals surface area (Å²) in [5.41, 5.74) is 6.44. The smallest absolute Gasteiger partial charge is 0.433 e. The molecule has 0 aliphatic rings. The van der Waals surface area contributed by atoms with E-state index in [1.807, 2.05) is 0 Å². The van der Waals surface area contributed by atoms with Crippen molar-refractivity contribution in [3.05, 3.63) is 47.0 Å². The number of benzene rings is 1. The number of nitrogens with two attached hydrogens (primary N) is 1. The quantitative estimate of drug-likeness (QED) is 0.512. The predicted octanol–water partition coefficient (Wildman–Crippen LogP) is 3.51. The maximum Gasteiger partial charge on any atom is 0.433 e. The van der Waals surface area contributed by atoms with Gasteiger partial charge in [-0.05, 0) is 45.0 Å². The Kier molecular flexibility index (Phi) is 6.96. The van der Waals surface area contributed by atoms with E-state index in [4.69, 9.17) is 10.5 Å². The van der Waals surface area contributed by atoms with Gasteiger partial charge in [-0.25, -0.2) is 30.2 Å². The van der Waals surface area contributed by atoms with Gasteiger partial charge in [0, 0.05) is 13.1 Å². The molecule has 0 fully saturated rings. The number of amides is 3. The first kappa shape index (κ1) is 25.8. The molecule has 0 bridgehead atoms. The standard InChI is InChI=1S/C21H21F3N6O4S/c1-10(31)30(29-19(33)34-20(2,3)4)11-5-6-12-13(9-11)35-18(27-12)15(16(25)32)17-26-8-7-14(28-17)21(22,23)24/h5-9,15H,1-4H3,(H2,25,32)(H,29,33). The lowest BCUT2D eigenvalue weighted by atomic mass is 10.1. The second-order valence-corrected chi connectivity index (χ2v) is 9.37. The summed E-state index contributed by atoms with van der Waals surface area (Å²) in [7, 11) is 0. The molecule has 3 amide bonds. The van der Waals surface area contributed by atoms with E-state index in [0.717, 1.165) is 22.5 Å². The molecule has 0 aliphatic carbocycles. The molecule has 0 radical (unpaired) electrons. The lowest BCUT2D eigenvalue weighted by Gasteiger charge is -2.25. The molecule has 1 unspecified atom stereocenters. The van der Waals surface area contributed by atoms with Crippen molar-refractivity contribution in [2.45, 2.75) is 45.4 Å². The third-order valence-electron chi connectivity index (χ3n) is 4.32. The fraction of sp³-hybridized carbons (Fsp3) is 0.333. The molecule has 2 heterocycles. The molecule has 1 aromatic carbocycles. The molecule has 10 nitrogen and oxygen atoms in total. The van der Waals surface area contributed by atoms with Gasteiger partial charge in [-0.2, -0.15) is 13.2 Å². The van der Waals surface area contributed by atoms with Crippen LogP contribution in [0.5, 0.6) is 0 Å². The molecule has 0 saturated carbocycles. The van der Waals surface area contributed by atoms with Crippen LogP contribution in [0.25, 0.3) is 10.2 Å². The van der Waals surface area contributed by atoms with Crippen LogP contribution in [0.3, 0.4) is 0 Å². The highest BCUT2D eigenvalue weighted by Gasteiger charge is 2.35. The average molecular weight is 510 g/mol. The lowest BCUT2D eigenvalue weighted by molar-refractivity contribution is -0.141. The number of carbonyl (C=O) groups is 3. The minimum absolute atomic E-state index is 0.0680. The number of carbonyl (C=O) groups excluding carboxylic acids is 3. The van der Waals surface area contributed by atoms with Crippen molar-refractivity contribution >= 4 is 45.1 Å². The molecule has 14 heteroatoms. The Labute approximate surface area is 201 Å². The van der Waals surface area contributed by atoms with E-state index >= 15 is 0 Å². The van der Waals surface area contributed by atoms with E-state index in [1.165, 1.54) is 25.1 Å². The van der Waals surface area contributed by atoms with Gasteiger partial charge in [0.05, 0.1) is 15.9 Å². The molecule has 3 rings (SSSR count). The third kappa shape index (κ3) is 6.20. The van der Waals surface area contributed by atoms with Gasteiger partial charge in [0.25, 0.3) is 0 Å². The number of thiazole rings is 1. The largest absolute Gasteiger partial charge is 0.443 e. The summed E-state index contributed by atoms with van der Waals surface area (Å²) in [5.74, 6) is -3.38. The minimum Gasteiger partial charge on any atom is -0.443 e. The van der Waals surface area contributed by atoms with E-state index in [2.05, 4.69) is 20.4 Å². The van der Waals surface area contributed by atoms with E-state index in [-0.39, 0.29) is 10.7 Å². The number of ether oxygens (including phenoxy) is 1. The number of anilines is 1. The minimum atomic E-state index is -4.74. The van der Waals surface area contributed by atoms with E-state index in [0.29, 0.717) is 16.3 Å². The topological polar surface area (TPSA) is 140 Å². The Morgan fingerprint density at radius 2 is 1.83 bits per heavy atom. The number of alkyl halides is 3. The summed E-state index contributed by atoms with van der Waals surface area (Å²) in [5, 5.41) is 1.03. The Balaban J connectivity index is 1.98. The van der Waals surface area contributed by atoms with Crippen LogP contribution in [-0.4, -0.2) is 38.5 Å². The molecule has 0 aliphatic heterocycles. The van der Waals surface area contributed by atoms with Crippen molar-refractivity contribution < 1.29 is 32.3 Å². The second-order valence-electron chi connectivity index (χ2n) is 8.31. The predicted molar refractivity (Wildman–Crippen MR) is 120 cm³/mol. The van der Waals surface area contributed by atoms with Crippen LogP contribution in [0.4, 0.5) is 23.7 Å². The number of hydrazine groups is 1. The number of nitrogens with zero attached hydrogens (tertiary/aromatic N) is 4. The normalized spacial score (nSPS) is 12.8. The van der Waals surface area contributed by atoms with Crippen LogP contribution in [-0.2, 0) is 20.5 Å². The number of fused-ring (bicyclic) bond motifs is 1. The molecule has 2 aromatic heterocycles. The summed E-state index contributed by atoms with van der Waals surface area (Å²) in [6.07, 6.45) is -4.70. The van der Waals surface area contributed by atoms with Crippen molar-refractivity contribution in [2.75, 3.05) is 5.01 Å². The number of halogens is 3. The molecule has 186 valence electrons. The fourth-order valence-corrected chi connectivity index (χ4v) is 4.05. The average Bonchev–Trinajstić information content (AvgIpc) is 3.12.